The van der Waals surface area contributed by atoms with Crippen molar-refractivity contribution in [3.05, 3.63) is 24.3 Å². The summed E-state index contributed by atoms with van der Waals surface area (Å²) in [7, 11) is 0. The van der Waals surface area contributed by atoms with E-state index in [-0.39, 0.29) is 11.6 Å². The Bertz CT molecular complexity index is 568. The Morgan fingerprint density at radius 3 is 1.26 bits per heavy atom. The molecular formula is C36H66O2. The molecule has 1 fully saturated rings. The first-order valence-electron chi connectivity index (χ1n) is 17.3. The molecule has 1 rings (SSSR count). The third-order valence-corrected chi connectivity index (χ3v) is 8.27. The molecule has 1 aliphatic heterocycles. The summed E-state index contributed by atoms with van der Waals surface area (Å²) < 4.78 is 5.62. The minimum Gasteiger partial charge on any atom is -0.454 e. The van der Waals surface area contributed by atoms with E-state index in [0.717, 1.165) is 19.3 Å². The molecule has 1 heterocycles. The van der Waals surface area contributed by atoms with E-state index in [1.54, 1.807) is 0 Å². The third-order valence-electron chi connectivity index (χ3n) is 8.27. The summed E-state index contributed by atoms with van der Waals surface area (Å²) >= 11 is 0. The first kappa shape index (κ1) is 35.0. The van der Waals surface area contributed by atoms with Crippen molar-refractivity contribution in [3.63, 3.8) is 0 Å². The maximum Gasteiger partial charge on any atom is 0.311 e. The molecule has 2 heteroatoms. The molecule has 0 aromatic rings. The number of ether oxygens (including phenoxy) is 1. The Morgan fingerprint density at radius 2 is 0.868 bits per heavy atom. The molecule has 0 radical (unpaired) electrons. The van der Waals surface area contributed by atoms with Crippen molar-refractivity contribution < 1.29 is 9.53 Å². The number of esters is 1. The Kier molecular flexibility index (Phi) is 24.1. The predicted octanol–water partition coefficient (Wildman–Crippen LogP) is 12.4. The highest BCUT2D eigenvalue weighted by Crippen LogP contribution is 2.35. The van der Waals surface area contributed by atoms with E-state index in [4.69, 9.17) is 4.74 Å². The van der Waals surface area contributed by atoms with Crippen molar-refractivity contribution in [1.29, 1.82) is 0 Å². The van der Waals surface area contributed by atoms with Crippen molar-refractivity contribution in [2.45, 2.75) is 199 Å². The van der Waals surface area contributed by atoms with Gasteiger partial charge in [-0.05, 0) is 57.4 Å². The fourth-order valence-electron chi connectivity index (χ4n) is 5.67. The molecule has 0 aliphatic carbocycles. The standard InChI is InChI=1S/C36H66O2/c1-3-5-7-9-11-13-15-17-19-21-23-25-27-29-31-33-36(34-35(37)38-36)32-30-28-26-24-22-20-18-16-14-12-10-8-6-4-2/h18,20,31,33H,3-17,19,21-30,32,34H2,1-2H3/b20-18-,33-31?. The maximum absolute atomic E-state index is 11.6. The van der Waals surface area contributed by atoms with Crippen LogP contribution in [0.15, 0.2) is 24.3 Å². The van der Waals surface area contributed by atoms with Gasteiger partial charge in [0.25, 0.3) is 0 Å². The fraction of sp³-hybridized carbons (Fsp3) is 0.861. The quantitative estimate of drug-likeness (QED) is 0.0546. The lowest BCUT2D eigenvalue weighted by molar-refractivity contribution is -0.183. The largest absolute Gasteiger partial charge is 0.454 e. The molecule has 1 atom stereocenters. The van der Waals surface area contributed by atoms with Gasteiger partial charge in [0, 0.05) is 0 Å². The predicted molar refractivity (Wildman–Crippen MR) is 168 cm³/mol. The van der Waals surface area contributed by atoms with Gasteiger partial charge in [0.1, 0.15) is 5.60 Å². The third kappa shape index (κ3) is 20.9. The fourth-order valence-corrected chi connectivity index (χ4v) is 5.67. The summed E-state index contributed by atoms with van der Waals surface area (Å²) in [6.45, 7) is 4.57. The van der Waals surface area contributed by atoms with Crippen LogP contribution in [0.5, 0.6) is 0 Å². The van der Waals surface area contributed by atoms with Crippen LogP contribution in [0, 0.1) is 0 Å². The Morgan fingerprint density at radius 1 is 0.526 bits per heavy atom. The molecule has 222 valence electrons. The van der Waals surface area contributed by atoms with E-state index in [9.17, 15) is 4.79 Å². The van der Waals surface area contributed by atoms with E-state index in [2.05, 4.69) is 38.2 Å². The average Bonchev–Trinajstić information content (AvgIpc) is 2.90. The average molecular weight is 531 g/mol. The highest BCUT2D eigenvalue weighted by atomic mass is 16.6. The first-order chi connectivity index (χ1) is 18.7. The van der Waals surface area contributed by atoms with Gasteiger partial charge in [0.15, 0.2) is 0 Å². The Labute approximate surface area is 238 Å². The molecule has 2 nitrogen and oxygen atoms in total. The number of hydrogen-bond acceptors (Lipinski definition) is 2. The molecule has 0 saturated carbocycles. The number of rotatable bonds is 29. The van der Waals surface area contributed by atoms with E-state index in [1.165, 1.54) is 154 Å². The zero-order valence-corrected chi connectivity index (χ0v) is 25.9. The van der Waals surface area contributed by atoms with E-state index >= 15 is 0 Å². The van der Waals surface area contributed by atoms with Crippen LogP contribution in [-0.4, -0.2) is 11.6 Å². The molecule has 0 amide bonds. The van der Waals surface area contributed by atoms with Gasteiger partial charge in [-0.2, -0.15) is 0 Å². The van der Waals surface area contributed by atoms with Crippen LogP contribution in [0.4, 0.5) is 0 Å². The summed E-state index contributed by atoms with van der Waals surface area (Å²) in [5, 5.41) is 0. The lowest BCUT2D eigenvalue weighted by Crippen LogP contribution is -2.45. The molecule has 38 heavy (non-hydrogen) atoms. The summed E-state index contributed by atoms with van der Waals surface area (Å²) in [4.78, 5) is 11.6. The number of unbranched alkanes of at least 4 members (excludes halogenated alkanes) is 23. The van der Waals surface area contributed by atoms with E-state index < -0.39 is 0 Å². The van der Waals surface area contributed by atoms with Crippen LogP contribution in [0.1, 0.15) is 194 Å². The monoisotopic (exact) mass is 531 g/mol. The van der Waals surface area contributed by atoms with Crippen LogP contribution >= 0.6 is 0 Å². The Balaban J connectivity index is 1.94. The topological polar surface area (TPSA) is 26.3 Å². The number of hydrogen-bond donors (Lipinski definition) is 0. The van der Waals surface area contributed by atoms with Gasteiger partial charge in [-0.3, -0.25) is 4.79 Å². The second-order valence-corrected chi connectivity index (χ2v) is 12.1. The van der Waals surface area contributed by atoms with Gasteiger partial charge in [-0.15, -0.1) is 0 Å². The lowest BCUT2D eigenvalue weighted by atomic mass is 9.87. The van der Waals surface area contributed by atoms with Gasteiger partial charge >= 0.3 is 5.97 Å². The zero-order chi connectivity index (χ0) is 27.4. The molecule has 0 spiro atoms. The maximum atomic E-state index is 11.6. The van der Waals surface area contributed by atoms with Gasteiger partial charge in [-0.1, -0.05) is 154 Å². The van der Waals surface area contributed by atoms with Crippen LogP contribution in [0.3, 0.4) is 0 Å². The SMILES string of the molecule is CCCCCCCC/C=C\CCCCCCC1(C=CCCCCCCCCCCCCCCC)CC(=O)O1. The van der Waals surface area contributed by atoms with Gasteiger partial charge in [0.05, 0.1) is 6.42 Å². The van der Waals surface area contributed by atoms with Crippen molar-refractivity contribution in [3.8, 4) is 0 Å². The van der Waals surface area contributed by atoms with Crippen molar-refractivity contribution in [2.75, 3.05) is 0 Å². The second kappa shape index (κ2) is 26.2. The van der Waals surface area contributed by atoms with Crippen molar-refractivity contribution >= 4 is 5.97 Å². The molecule has 1 saturated heterocycles. The van der Waals surface area contributed by atoms with Gasteiger partial charge in [0.2, 0.25) is 0 Å². The van der Waals surface area contributed by atoms with Crippen LogP contribution in [-0.2, 0) is 9.53 Å². The summed E-state index contributed by atoms with van der Waals surface area (Å²) in [6, 6.07) is 0. The molecule has 1 unspecified atom stereocenters. The second-order valence-electron chi connectivity index (χ2n) is 12.1. The van der Waals surface area contributed by atoms with Crippen LogP contribution in [0.2, 0.25) is 0 Å². The molecule has 0 aromatic heterocycles. The minimum atomic E-state index is -0.273. The highest BCUT2D eigenvalue weighted by molar-refractivity contribution is 5.78. The van der Waals surface area contributed by atoms with Crippen molar-refractivity contribution in [1.82, 2.24) is 0 Å². The first-order valence-corrected chi connectivity index (χ1v) is 17.3. The molecule has 0 aromatic carbocycles. The number of carbonyl (C=O) groups is 1. The minimum absolute atomic E-state index is 0.0221. The number of cyclic esters (lactones) is 1. The van der Waals surface area contributed by atoms with Gasteiger partial charge < -0.3 is 4.74 Å². The summed E-state index contributed by atoms with van der Waals surface area (Å²) in [5.74, 6) is -0.0221. The molecule has 1 aliphatic rings. The highest BCUT2D eigenvalue weighted by Gasteiger charge is 2.42. The number of carbonyl (C=O) groups excluding carboxylic acids is 1. The smallest absolute Gasteiger partial charge is 0.311 e. The Hall–Kier alpha value is -1.05. The summed E-state index contributed by atoms with van der Waals surface area (Å²) in [6.07, 6.45) is 46.0. The molecule has 0 bridgehead atoms. The zero-order valence-electron chi connectivity index (χ0n) is 25.9. The van der Waals surface area contributed by atoms with E-state index in [1.807, 2.05) is 0 Å². The molecular weight excluding hydrogens is 464 g/mol. The summed E-state index contributed by atoms with van der Waals surface area (Å²) in [5.41, 5.74) is -0.273. The van der Waals surface area contributed by atoms with Crippen LogP contribution < -0.4 is 0 Å². The molecule has 0 N–H and O–H groups in total. The van der Waals surface area contributed by atoms with Crippen molar-refractivity contribution in [2.24, 2.45) is 0 Å². The van der Waals surface area contributed by atoms with Crippen LogP contribution in [0.25, 0.3) is 0 Å². The van der Waals surface area contributed by atoms with E-state index in [0.29, 0.717) is 6.42 Å². The number of allylic oxidation sites excluding steroid dienone is 3. The lowest BCUT2D eigenvalue weighted by Gasteiger charge is -2.38. The normalized spacial score (nSPS) is 17.5. The van der Waals surface area contributed by atoms with Gasteiger partial charge in [-0.25, -0.2) is 0 Å².